The first-order valence-electron chi connectivity index (χ1n) is 6.80. The van der Waals surface area contributed by atoms with Crippen LogP contribution in [-0.2, 0) is 4.74 Å². The number of anilines is 2. The Labute approximate surface area is 113 Å². The van der Waals surface area contributed by atoms with Crippen LogP contribution >= 0.6 is 0 Å². The minimum absolute atomic E-state index is 0.164. The normalized spacial score (nSPS) is 21.2. The second-order valence-electron chi connectivity index (χ2n) is 5.29. The van der Waals surface area contributed by atoms with E-state index in [1.165, 1.54) is 5.69 Å². The lowest BCUT2D eigenvalue weighted by atomic mass is 10.2. The van der Waals surface area contributed by atoms with Gasteiger partial charge in [0.2, 0.25) is 0 Å². The Kier molecular flexibility index (Phi) is 3.48. The summed E-state index contributed by atoms with van der Waals surface area (Å²) in [5.41, 5.74) is 7.97. The predicted molar refractivity (Wildman–Crippen MR) is 75.8 cm³/mol. The number of nitrogen functional groups attached to an aromatic ring is 1. The van der Waals surface area contributed by atoms with E-state index in [9.17, 15) is 0 Å². The van der Waals surface area contributed by atoms with Crippen molar-refractivity contribution in [3.05, 3.63) is 18.2 Å². The maximum Gasteiger partial charge on any atom is 0.145 e. The van der Waals surface area contributed by atoms with E-state index < -0.39 is 0 Å². The van der Waals surface area contributed by atoms with Gasteiger partial charge in [-0.1, -0.05) is 0 Å². The van der Waals surface area contributed by atoms with Gasteiger partial charge in [0.05, 0.1) is 18.9 Å². The summed E-state index contributed by atoms with van der Waals surface area (Å²) in [6.45, 7) is 5.62. The van der Waals surface area contributed by atoms with Crippen molar-refractivity contribution >= 4 is 11.4 Å². The monoisotopic (exact) mass is 263 g/mol. The van der Waals surface area contributed by atoms with E-state index in [1.54, 1.807) is 0 Å². The zero-order chi connectivity index (χ0) is 13.2. The summed E-state index contributed by atoms with van der Waals surface area (Å²) in [4.78, 5) is 4.71. The van der Waals surface area contributed by atoms with E-state index in [0.717, 1.165) is 31.9 Å². The van der Waals surface area contributed by atoms with Crippen LogP contribution < -0.4 is 15.4 Å². The zero-order valence-electron chi connectivity index (χ0n) is 11.3. The Hall–Kier alpha value is -1.46. The highest BCUT2D eigenvalue weighted by Gasteiger charge is 2.21. The minimum atomic E-state index is 0.164. The molecule has 0 aromatic heterocycles. The largest absolute Gasteiger partial charge is 0.483 e. The van der Waals surface area contributed by atoms with Gasteiger partial charge in [0, 0.05) is 31.9 Å². The number of hydrogen-bond acceptors (Lipinski definition) is 5. The standard InChI is InChI=1S/C14H21N3O2/c1-16-4-6-17(7-5-16)11-2-3-14(13(15)8-11)19-12-9-18-10-12/h2-3,8,12H,4-7,9-10,15H2,1H3. The molecule has 0 amide bonds. The lowest BCUT2D eigenvalue weighted by Gasteiger charge is -2.34. The molecule has 2 N–H and O–H groups in total. The third-order valence-corrected chi connectivity index (χ3v) is 3.76. The summed E-state index contributed by atoms with van der Waals surface area (Å²) >= 11 is 0. The highest BCUT2D eigenvalue weighted by atomic mass is 16.6. The van der Waals surface area contributed by atoms with Gasteiger partial charge in [-0.05, 0) is 25.2 Å². The van der Waals surface area contributed by atoms with Crippen LogP contribution in [0.15, 0.2) is 18.2 Å². The Morgan fingerprint density at radius 2 is 1.95 bits per heavy atom. The number of likely N-dealkylation sites (N-methyl/N-ethyl adjacent to an activating group) is 1. The van der Waals surface area contributed by atoms with Crippen LogP contribution in [0.2, 0.25) is 0 Å². The number of nitrogens with two attached hydrogens (primary N) is 1. The van der Waals surface area contributed by atoms with Crippen molar-refractivity contribution in [1.29, 1.82) is 0 Å². The molecule has 1 aromatic rings. The molecule has 0 aliphatic carbocycles. The molecule has 0 bridgehead atoms. The van der Waals surface area contributed by atoms with E-state index in [1.807, 2.05) is 12.1 Å². The maximum absolute atomic E-state index is 6.08. The molecule has 19 heavy (non-hydrogen) atoms. The number of rotatable bonds is 3. The molecule has 0 saturated carbocycles. The van der Waals surface area contributed by atoms with Crippen LogP contribution in [-0.4, -0.2) is 57.4 Å². The fraction of sp³-hybridized carbons (Fsp3) is 0.571. The molecule has 0 radical (unpaired) electrons. The fourth-order valence-electron chi connectivity index (χ4n) is 2.37. The molecule has 0 unspecified atom stereocenters. The summed E-state index contributed by atoms with van der Waals surface area (Å²) in [7, 11) is 2.16. The minimum Gasteiger partial charge on any atom is -0.483 e. The van der Waals surface area contributed by atoms with Gasteiger partial charge in [0.15, 0.2) is 0 Å². The van der Waals surface area contributed by atoms with Crippen molar-refractivity contribution < 1.29 is 9.47 Å². The van der Waals surface area contributed by atoms with Crippen LogP contribution in [0.5, 0.6) is 5.75 Å². The highest BCUT2D eigenvalue weighted by molar-refractivity contribution is 5.63. The molecule has 2 fully saturated rings. The van der Waals surface area contributed by atoms with Gasteiger partial charge in [0.1, 0.15) is 11.9 Å². The van der Waals surface area contributed by atoms with Crippen LogP contribution in [0.25, 0.3) is 0 Å². The topological polar surface area (TPSA) is 51.0 Å². The summed E-state index contributed by atoms with van der Waals surface area (Å²) in [6.07, 6.45) is 0.164. The van der Waals surface area contributed by atoms with Gasteiger partial charge < -0.3 is 25.0 Å². The van der Waals surface area contributed by atoms with Crippen LogP contribution in [0.4, 0.5) is 11.4 Å². The third-order valence-electron chi connectivity index (χ3n) is 3.76. The maximum atomic E-state index is 6.08. The van der Waals surface area contributed by atoms with E-state index in [2.05, 4.69) is 22.9 Å². The SMILES string of the molecule is CN1CCN(c2ccc(OC3COC3)c(N)c2)CC1. The van der Waals surface area contributed by atoms with Gasteiger partial charge in [-0.25, -0.2) is 0 Å². The predicted octanol–water partition coefficient (Wildman–Crippen LogP) is 0.798. The fourth-order valence-corrected chi connectivity index (χ4v) is 2.37. The molecular weight excluding hydrogens is 242 g/mol. The average Bonchev–Trinajstić information content (AvgIpc) is 2.36. The molecule has 2 aliphatic heterocycles. The van der Waals surface area contributed by atoms with E-state index in [4.69, 9.17) is 15.2 Å². The first-order chi connectivity index (χ1) is 9.22. The van der Waals surface area contributed by atoms with Crippen molar-refractivity contribution in [3.8, 4) is 5.75 Å². The van der Waals surface area contributed by atoms with E-state index >= 15 is 0 Å². The second-order valence-corrected chi connectivity index (χ2v) is 5.29. The number of hydrogen-bond donors (Lipinski definition) is 1. The van der Waals surface area contributed by atoms with Gasteiger partial charge >= 0.3 is 0 Å². The summed E-state index contributed by atoms with van der Waals surface area (Å²) in [6, 6.07) is 6.08. The molecule has 1 aromatic carbocycles. The van der Waals surface area contributed by atoms with Crippen LogP contribution in [0.1, 0.15) is 0 Å². The van der Waals surface area contributed by atoms with Crippen molar-refractivity contribution in [2.75, 3.05) is 57.1 Å². The molecule has 104 valence electrons. The highest BCUT2D eigenvalue weighted by Crippen LogP contribution is 2.29. The lowest BCUT2D eigenvalue weighted by Crippen LogP contribution is -2.44. The second kappa shape index (κ2) is 5.27. The average molecular weight is 263 g/mol. The van der Waals surface area contributed by atoms with Crippen molar-refractivity contribution in [3.63, 3.8) is 0 Å². The Bertz CT molecular complexity index is 440. The van der Waals surface area contributed by atoms with Crippen LogP contribution in [0.3, 0.4) is 0 Å². The Balaban J connectivity index is 1.68. The summed E-state index contributed by atoms with van der Waals surface area (Å²) in [5, 5.41) is 0. The van der Waals surface area contributed by atoms with Gasteiger partial charge in [-0.15, -0.1) is 0 Å². The van der Waals surface area contributed by atoms with Crippen molar-refractivity contribution in [1.82, 2.24) is 4.90 Å². The Morgan fingerprint density at radius 3 is 2.53 bits per heavy atom. The molecular formula is C14H21N3O2. The quantitative estimate of drug-likeness (QED) is 0.817. The molecule has 0 atom stereocenters. The van der Waals surface area contributed by atoms with Gasteiger partial charge in [-0.3, -0.25) is 0 Å². The third kappa shape index (κ3) is 2.77. The number of nitrogens with zero attached hydrogens (tertiary/aromatic N) is 2. The van der Waals surface area contributed by atoms with Crippen molar-refractivity contribution in [2.24, 2.45) is 0 Å². The Morgan fingerprint density at radius 1 is 1.21 bits per heavy atom. The number of ether oxygens (including phenoxy) is 2. The lowest BCUT2D eigenvalue weighted by molar-refractivity contribution is -0.0793. The smallest absolute Gasteiger partial charge is 0.145 e. The van der Waals surface area contributed by atoms with Crippen molar-refractivity contribution in [2.45, 2.75) is 6.10 Å². The van der Waals surface area contributed by atoms with Crippen LogP contribution in [0, 0.1) is 0 Å². The molecule has 0 spiro atoms. The zero-order valence-corrected chi connectivity index (χ0v) is 11.3. The summed E-state index contributed by atoms with van der Waals surface area (Å²) < 4.78 is 10.9. The van der Waals surface area contributed by atoms with E-state index in [0.29, 0.717) is 18.9 Å². The first-order valence-corrected chi connectivity index (χ1v) is 6.80. The molecule has 5 nitrogen and oxygen atoms in total. The van der Waals surface area contributed by atoms with Gasteiger partial charge in [0.25, 0.3) is 0 Å². The molecule has 5 heteroatoms. The van der Waals surface area contributed by atoms with E-state index in [-0.39, 0.29) is 6.10 Å². The molecule has 3 rings (SSSR count). The number of benzene rings is 1. The van der Waals surface area contributed by atoms with Gasteiger partial charge in [-0.2, -0.15) is 0 Å². The number of piperazine rings is 1. The molecule has 2 aliphatic rings. The molecule has 2 heterocycles. The first kappa shape index (κ1) is 12.6. The molecule has 2 saturated heterocycles. The summed E-state index contributed by atoms with van der Waals surface area (Å²) in [5.74, 6) is 0.770.